The minimum absolute atomic E-state index is 0.240. The summed E-state index contributed by atoms with van der Waals surface area (Å²) >= 11 is 3.04. The number of nitrogens with one attached hydrogen (secondary N) is 3. The molecule has 0 bridgehead atoms. The summed E-state index contributed by atoms with van der Waals surface area (Å²) in [6, 6.07) is 4.92. The van der Waals surface area contributed by atoms with E-state index in [0.29, 0.717) is 5.95 Å². The van der Waals surface area contributed by atoms with Gasteiger partial charge in [0.1, 0.15) is 0 Å². The number of nitrogens with zero attached hydrogens (tertiary/aromatic N) is 3. The van der Waals surface area contributed by atoms with Gasteiger partial charge in [0.2, 0.25) is 16.0 Å². The van der Waals surface area contributed by atoms with Gasteiger partial charge in [-0.2, -0.15) is 0 Å². The summed E-state index contributed by atoms with van der Waals surface area (Å²) in [5, 5.41) is 7.21. The van der Waals surface area contributed by atoms with E-state index in [0.717, 1.165) is 39.8 Å². The fourth-order valence-electron chi connectivity index (χ4n) is 2.26. The third kappa shape index (κ3) is 5.06. The zero-order valence-electron chi connectivity index (χ0n) is 14.9. The number of hydrogen-bond donors (Lipinski definition) is 3. The van der Waals surface area contributed by atoms with Crippen LogP contribution in [0.15, 0.2) is 40.4 Å². The predicted octanol–water partition coefficient (Wildman–Crippen LogP) is 2.63. The Kier molecular flexibility index (Phi) is 6.47. The number of benzene rings is 1. The Morgan fingerprint density at radius 1 is 1.15 bits per heavy atom. The van der Waals surface area contributed by atoms with Crippen molar-refractivity contribution in [2.24, 2.45) is 0 Å². The molecule has 0 aliphatic rings. The van der Waals surface area contributed by atoms with Gasteiger partial charge in [0, 0.05) is 30.4 Å². The van der Waals surface area contributed by atoms with Crippen molar-refractivity contribution < 1.29 is 8.42 Å². The van der Waals surface area contributed by atoms with Crippen LogP contribution < -0.4 is 15.4 Å². The molecule has 0 amide bonds. The molecule has 27 heavy (non-hydrogen) atoms. The molecule has 8 nitrogen and oxygen atoms in total. The van der Waals surface area contributed by atoms with Crippen LogP contribution in [0.4, 0.5) is 11.1 Å². The molecule has 3 aromatic rings. The molecule has 1 aromatic carbocycles. The van der Waals surface area contributed by atoms with Gasteiger partial charge in [0.25, 0.3) is 0 Å². The molecule has 0 saturated heterocycles. The van der Waals surface area contributed by atoms with Crippen LogP contribution in [0.5, 0.6) is 0 Å². The summed E-state index contributed by atoms with van der Waals surface area (Å²) < 4.78 is 26.9. The SMILES string of the molecule is CNS(=O)(=O)c1ccc2nc(NCCCNc3ncc(SC)cn3)sc2c1. The Balaban J connectivity index is 1.51. The van der Waals surface area contributed by atoms with Crippen molar-refractivity contribution in [3.8, 4) is 0 Å². The molecule has 0 aliphatic heterocycles. The van der Waals surface area contributed by atoms with E-state index in [1.54, 1.807) is 42.4 Å². The van der Waals surface area contributed by atoms with E-state index in [-0.39, 0.29) is 4.90 Å². The van der Waals surface area contributed by atoms with Crippen molar-refractivity contribution in [3.05, 3.63) is 30.6 Å². The Morgan fingerprint density at radius 3 is 2.59 bits per heavy atom. The maximum Gasteiger partial charge on any atom is 0.240 e. The molecule has 2 aromatic heterocycles. The van der Waals surface area contributed by atoms with Crippen LogP contribution in [0.1, 0.15) is 6.42 Å². The third-order valence-corrected chi connectivity index (χ3v) is 6.79. The summed E-state index contributed by atoms with van der Waals surface area (Å²) in [5.74, 6) is 0.617. The van der Waals surface area contributed by atoms with Crippen LogP contribution in [0.3, 0.4) is 0 Å². The first-order valence-corrected chi connectivity index (χ1v) is 11.7. The maximum absolute atomic E-state index is 11.9. The molecular weight excluding hydrogens is 404 g/mol. The number of hydrogen-bond acceptors (Lipinski definition) is 9. The first kappa shape index (κ1) is 19.8. The monoisotopic (exact) mass is 424 g/mol. The van der Waals surface area contributed by atoms with Gasteiger partial charge >= 0.3 is 0 Å². The minimum atomic E-state index is -3.45. The van der Waals surface area contributed by atoms with Gasteiger partial charge in [-0.3, -0.25) is 0 Å². The average Bonchev–Trinajstić information content (AvgIpc) is 3.10. The van der Waals surface area contributed by atoms with Crippen LogP contribution in [-0.4, -0.2) is 49.8 Å². The van der Waals surface area contributed by atoms with Crippen molar-refractivity contribution in [3.63, 3.8) is 0 Å². The van der Waals surface area contributed by atoms with Crippen LogP contribution in [0.2, 0.25) is 0 Å². The van der Waals surface area contributed by atoms with E-state index < -0.39 is 10.0 Å². The quantitative estimate of drug-likeness (QED) is 0.355. The minimum Gasteiger partial charge on any atom is -0.361 e. The molecule has 0 unspecified atom stereocenters. The second-order valence-corrected chi connectivity index (χ2v) is 9.31. The molecule has 0 saturated carbocycles. The normalized spacial score (nSPS) is 11.6. The number of aromatic nitrogens is 3. The van der Waals surface area contributed by atoms with E-state index in [1.165, 1.54) is 18.4 Å². The number of thioether (sulfide) groups is 1. The maximum atomic E-state index is 11.9. The number of fused-ring (bicyclic) bond motifs is 1. The van der Waals surface area contributed by atoms with Crippen molar-refractivity contribution in [2.75, 3.05) is 37.0 Å². The van der Waals surface area contributed by atoms with Gasteiger partial charge in [0.05, 0.1) is 15.1 Å². The van der Waals surface area contributed by atoms with Crippen molar-refractivity contribution >= 4 is 54.4 Å². The van der Waals surface area contributed by atoms with Gasteiger partial charge in [-0.1, -0.05) is 11.3 Å². The Labute approximate surface area is 166 Å². The molecule has 2 heterocycles. The second kappa shape index (κ2) is 8.83. The highest BCUT2D eigenvalue weighted by molar-refractivity contribution is 7.98. The molecule has 0 spiro atoms. The fraction of sp³-hybridized carbons (Fsp3) is 0.312. The topological polar surface area (TPSA) is 109 Å². The molecule has 0 fully saturated rings. The lowest BCUT2D eigenvalue weighted by atomic mass is 10.3. The van der Waals surface area contributed by atoms with Crippen molar-refractivity contribution in [1.82, 2.24) is 19.7 Å². The third-order valence-electron chi connectivity index (χ3n) is 3.72. The first-order chi connectivity index (χ1) is 13.0. The summed E-state index contributed by atoms with van der Waals surface area (Å²) in [6.07, 6.45) is 6.44. The molecule has 0 radical (unpaired) electrons. The Morgan fingerprint density at radius 2 is 1.89 bits per heavy atom. The summed E-state index contributed by atoms with van der Waals surface area (Å²) in [5.41, 5.74) is 0.776. The fourth-order valence-corrected chi connectivity index (χ4v) is 4.34. The van der Waals surface area contributed by atoms with E-state index in [1.807, 2.05) is 6.26 Å². The van der Waals surface area contributed by atoms with Gasteiger partial charge in [-0.25, -0.2) is 28.1 Å². The number of thiazole rings is 1. The van der Waals surface area contributed by atoms with E-state index >= 15 is 0 Å². The number of sulfonamides is 1. The average molecular weight is 425 g/mol. The lowest BCUT2D eigenvalue weighted by Crippen LogP contribution is -2.18. The highest BCUT2D eigenvalue weighted by Gasteiger charge is 2.13. The summed E-state index contributed by atoms with van der Waals surface area (Å²) in [7, 11) is -2.05. The largest absolute Gasteiger partial charge is 0.361 e. The van der Waals surface area contributed by atoms with Crippen LogP contribution >= 0.6 is 23.1 Å². The van der Waals surface area contributed by atoms with Gasteiger partial charge in [-0.05, 0) is 37.9 Å². The Hall–Kier alpha value is -1.95. The van der Waals surface area contributed by atoms with E-state index in [9.17, 15) is 8.42 Å². The van der Waals surface area contributed by atoms with Crippen LogP contribution in [0.25, 0.3) is 10.2 Å². The van der Waals surface area contributed by atoms with Gasteiger partial charge in [-0.15, -0.1) is 11.8 Å². The Bertz CT molecular complexity index is 1000. The molecule has 144 valence electrons. The molecule has 3 N–H and O–H groups in total. The van der Waals surface area contributed by atoms with Gasteiger partial charge < -0.3 is 10.6 Å². The standard InChI is InChI=1S/C16H20N6O2S3/c1-17-27(23,24)12-4-5-13-14(8-12)26-16(22-13)19-7-3-6-18-15-20-9-11(25-2)10-21-15/h4-5,8-10,17H,3,6-7H2,1-2H3,(H,19,22)(H,18,20,21). The molecule has 0 atom stereocenters. The van der Waals surface area contributed by atoms with Crippen LogP contribution in [0, 0.1) is 0 Å². The summed E-state index contributed by atoms with van der Waals surface area (Å²) in [4.78, 5) is 14.2. The zero-order chi connectivity index (χ0) is 19.3. The molecule has 11 heteroatoms. The predicted molar refractivity (Wildman–Crippen MR) is 111 cm³/mol. The van der Waals surface area contributed by atoms with Gasteiger partial charge in [0.15, 0.2) is 5.13 Å². The highest BCUT2D eigenvalue weighted by Crippen LogP contribution is 2.28. The van der Waals surface area contributed by atoms with E-state index in [2.05, 4.69) is 30.3 Å². The first-order valence-electron chi connectivity index (χ1n) is 8.20. The highest BCUT2D eigenvalue weighted by atomic mass is 32.2. The van der Waals surface area contributed by atoms with Crippen molar-refractivity contribution in [2.45, 2.75) is 16.2 Å². The molecular formula is C16H20N6O2S3. The number of anilines is 2. The van der Waals surface area contributed by atoms with Crippen molar-refractivity contribution in [1.29, 1.82) is 0 Å². The van der Waals surface area contributed by atoms with E-state index in [4.69, 9.17) is 0 Å². The number of rotatable bonds is 9. The smallest absolute Gasteiger partial charge is 0.240 e. The zero-order valence-corrected chi connectivity index (χ0v) is 17.3. The molecule has 3 rings (SSSR count). The molecule has 0 aliphatic carbocycles. The summed E-state index contributed by atoms with van der Waals surface area (Å²) in [6.45, 7) is 1.47. The lowest BCUT2D eigenvalue weighted by molar-refractivity contribution is 0.588. The van der Waals surface area contributed by atoms with Crippen LogP contribution in [-0.2, 0) is 10.0 Å². The second-order valence-electron chi connectivity index (χ2n) is 5.51. The lowest BCUT2D eigenvalue weighted by Gasteiger charge is -2.05.